The molecule has 1 saturated heterocycles. The van der Waals surface area contributed by atoms with Gasteiger partial charge in [-0.3, -0.25) is 9.59 Å². The van der Waals surface area contributed by atoms with Crippen LogP contribution in [0.25, 0.3) is 0 Å². The Morgan fingerprint density at radius 2 is 1.62 bits per heavy atom. The molecule has 0 radical (unpaired) electrons. The molecule has 2 aliphatic carbocycles. The number of hydrogen-bond donors (Lipinski definition) is 1. The second kappa shape index (κ2) is 10.5. The fraction of sp³-hybridized carbons (Fsp3) is 0.548. The molecule has 9 heteroatoms. The molecule has 2 fully saturated rings. The van der Waals surface area contributed by atoms with Gasteiger partial charge in [-0.15, -0.1) is 0 Å². The van der Waals surface area contributed by atoms with Crippen LogP contribution in [0, 0.1) is 17.7 Å². The summed E-state index contributed by atoms with van der Waals surface area (Å²) in [7, 11) is 0. The summed E-state index contributed by atoms with van der Waals surface area (Å²) in [6, 6.07) is 10.1. The maximum atomic E-state index is 14.9. The Kier molecular flexibility index (Phi) is 7.46. The predicted octanol–water partition coefficient (Wildman–Crippen LogP) is 6.88. The lowest BCUT2D eigenvalue weighted by Gasteiger charge is -2.54. The molecule has 2 aromatic carbocycles. The van der Waals surface area contributed by atoms with Crippen LogP contribution in [0.4, 0.5) is 22.0 Å². The van der Waals surface area contributed by atoms with Crippen molar-refractivity contribution in [2.75, 3.05) is 6.54 Å². The number of rotatable bonds is 5. The number of aryl methyl sites for hydroxylation is 1. The Morgan fingerprint density at radius 1 is 0.975 bits per heavy atom. The van der Waals surface area contributed by atoms with Crippen LogP contribution in [0.1, 0.15) is 74.1 Å². The molecular weight excluding hydrogens is 529 g/mol. The van der Waals surface area contributed by atoms with Crippen molar-refractivity contribution >= 4 is 11.9 Å². The SMILES string of the molecule is CC(F)(c1ccc2c(c1)CCC1N(C(=O)[C@H]3CC[C@H](C(=O)O)CC3)CCCC21Cc1ccc(F)cc1)C(F)(F)F. The van der Waals surface area contributed by atoms with Crippen molar-refractivity contribution in [1.82, 2.24) is 4.90 Å². The van der Waals surface area contributed by atoms with E-state index in [4.69, 9.17) is 0 Å². The van der Waals surface area contributed by atoms with Crippen molar-refractivity contribution in [2.45, 2.75) is 88.0 Å². The highest BCUT2D eigenvalue weighted by Crippen LogP contribution is 2.51. The number of piperidine rings is 1. The summed E-state index contributed by atoms with van der Waals surface area (Å²) in [6.07, 6.45) is -0.376. The molecule has 216 valence electrons. The third kappa shape index (κ3) is 5.00. The molecule has 3 unspecified atom stereocenters. The zero-order valence-corrected chi connectivity index (χ0v) is 22.4. The Morgan fingerprint density at radius 3 is 2.25 bits per heavy atom. The smallest absolute Gasteiger partial charge is 0.426 e. The minimum absolute atomic E-state index is 0.00509. The predicted molar refractivity (Wildman–Crippen MR) is 139 cm³/mol. The average Bonchev–Trinajstić information content (AvgIpc) is 2.92. The molecule has 1 amide bonds. The van der Waals surface area contributed by atoms with Gasteiger partial charge in [0.15, 0.2) is 0 Å². The second-order valence-corrected chi connectivity index (χ2v) is 11.9. The van der Waals surface area contributed by atoms with Gasteiger partial charge in [-0.1, -0.05) is 30.3 Å². The Balaban J connectivity index is 1.52. The van der Waals surface area contributed by atoms with Gasteiger partial charge in [0, 0.05) is 23.9 Å². The zero-order valence-electron chi connectivity index (χ0n) is 22.4. The van der Waals surface area contributed by atoms with Crippen molar-refractivity contribution in [3.05, 3.63) is 70.5 Å². The van der Waals surface area contributed by atoms with Crippen LogP contribution < -0.4 is 0 Å². The molecule has 40 heavy (non-hydrogen) atoms. The van der Waals surface area contributed by atoms with E-state index in [-0.39, 0.29) is 23.7 Å². The number of carboxylic acids is 1. The molecular formula is C31H34F5NO3. The fourth-order valence-electron chi connectivity index (χ4n) is 7.32. The van der Waals surface area contributed by atoms with Crippen molar-refractivity contribution in [3.8, 4) is 0 Å². The van der Waals surface area contributed by atoms with Gasteiger partial charge in [0.05, 0.1) is 5.92 Å². The fourth-order valence-corrected chi connectivity index (χ4v) is 7.32. The number of fused-ring (bicyclic) bond motifs is 3. The summed E-state index contributed by atoms with van der Waals surface area (Å²) < 4.78 is 69.2. The van der Waals surface area contributed by atoms with Gasteiger partial charge < -0.3 is 10.0 Å². The summed E-state index contributed by atoms with van der Waals surface area (Å²) in [5, 5.41) is 9.36. The van der Waals surface area contributed by atoms with Gasteiger partial charge >= 0.3 is 12.1 Å². The number of halogens is 5. The lowest BCUT2D eigenvalue weighted by molar-refractivity contribution is -0.228. The summed E-state index contributed by atoms with van der Waals surface area (Å²) in [5.41, 5.74) is -2.23. The second-order valence-electron chi connectivity index (χ2n) is 11.9. The maximum absolute atomic E-state index is 14.9. The van der Waals surface area contributed by atoms with E-state index in [0.29, 0.717) is 76.8 Å². The number of hydrogen-bond acceptors (Lipinski definition) is 2. The maximum Gasteiger partial charge on any atom is 0.426 e. The molecule has 1 saturated carbocycles. The number of amides is 1. The van der Waals surface area contributed by atoms with E-state index < -0.39 is 34.7 Å². The number of aliphatic carboxylic acids is 1. The minimum Gasteiger partial charge on any atom is -0.481 e. The van der Waals surface area contributed by atoms with Crippen LogP contribution >= 0.6 is 0 Å². The topological polar surface area (TPSA) is 57.6 Å². The number of carboxylic acid groups (broad SMARTS) is 1. The van der Waals surface area contributed by atoms with Gasteiger partial charge in [-0.05, 0) is 99.1 Å². The minimum atomic E-state index is -5.06. The van der Waals surface area contributed by atoms with Crippen LogP contribution in [-0.4, -0.2) is 40.6 Å². The Hall–Kier alpha value is -2.97. The molecule has 4 nitrogen and oxygen atoms in total. The molecule has 3 atom stereocenters. The Bertz CT molecular complexity index is 1270. The lowest BCUT2D eigenvalue weighted by Crippen LogP contribution is -2.60. The summed E-state index contributed by atoms with van der Waals surface area (Å²) >= 11 is 0. The van der Waals surface area contributed by atoms with Gasteiger partial charge in [0.2, 0.25) is 11.6 Å². The molecule has 0 aromatic heterocycles. The van der Waals surface area contributed by atoms with E-state index in [1.54, 1.807) is 18.2 Å². The zero-order chi connectivity index (χ0) is 28.9. The summed E-state index contributed by atoms with van der Waals surface area (Å²) in [5.74, 6) is -1.90. The standard InChI is InChI=1S/C31H34F5NO3/c1-29(33,31(34,35)36)23-10-13-25-22(17-23)9-14-26-30(25,18-19-3-11-24(32)12-4-19)15-2-16-37(26)27(38)20-5-7-21(8-6-20)28(39)40/h3-4,10-13,17,20-21,26H,2,5-9,14-16,18H2,1H3,(H,39,40)/t20-,21-,26?,29?,30?. The number of benzene rings is 2. The van der Waals surface area contributed by atoms with Gasteiger partial charge in [0.25, 0.3) is 0 Å². The van der Waals surface area contributed by atoms with Crippen LogP contribution in [0.15, 0.2) is 42.5 Å². The number of nitrogens with zero attached hydrogens (tertiary/aromatic N) is 1. The number of carbonyl (C=O) groups is 2. The molecule has 1 heterocycles. The first-order valence-electron chi connectivity index (χ1n) is 14.0. The highest BCUT2D eigenvalue weighted by Gasteiger charge is 2.55. The van der Waals surface area contributed by atoms with Gasteiger partial charge in [-0.25, -0.2) is 8.78 Å². The van der Waals surface area contributed by atoms with E-state index in [9.17, 15) is 36.6 Å². The highest BCUT2D eigenvalue weighted by molar-refractivity contribution is 5.80. The lowest BCUT2D eigenvalue weighted by atomic mass is 9.59. The molecule has 1 aliphatic heterocycles. The van der Waals surface area contributed by atoms with Crippen molar-refractivity contribution in [2.24, 2.45) is 11.8 Å². The van der Waals surface area contributed by atoms with Crippen molar-refractivity contribution in [1.29, 1.82) is 0 Å². The van der Waals surface area contributed by atoms with Crippen LogP contribution in [-0.2, 0) is 33.5 Å². The monoisotopic (exact) mass is 563 g/mol. The van der Waals surface area contributed by atoms with Crippen LogP contribution in [0.5, 0.6) is 0 Å². The number of carbonyl (C=O) groups excluding carboxylic acids is 1. The molecule has 0 bridgehead atoms. The number of alkyl halides is 4. The van der Waals surface area contributed by atoms with E-state index in [1.165, 1.54) is 24.3 Å². The van der Waals surface area contributed by atoms with Gasteiger partial charge in [-0.2, -0.15) is 13.2 Å². The van der Waals surface area contributed by atoms with E-state index in [1.807, 2.05) is 4.90 Å². The highest BCUT2D eigenvalue weighted by atomic mass is 19.4. The third-order valence-electron chi connectivity index (χ3n) is 9.58. The van der Waals surface area contributed by atoms with Crippen molar-refractivity contribution < 1.29 is 36.6 Å². The summed E-state index contributed by atoms with van der Waals surface area (Å²) in [6.45, 7) is 1.09. The van der Waals surface area contributed by atoms with E-state index in [0.717, 1.165) is 11.1 Å². The molecule has 5 rings (SSSR count). The molecule has 2 aromatic rings. The van der Waals surface area contributed by atoms with E-state index >= 15 is 0 Å². The molecule has 1 N–H and O–H groups in total. The van der Waals surface area contributed by atoms with Crippen molar-refractivity contribution in [3.63, 3.8) is 0 Å². The number of likely N-dealkylation sites (tertiary alicyclic amines) is 1. The molecule has 0 spiro atoms. The van der Waals surface area contributed by atoms with E-state index in [2.05, 4.69) is 0 Å². The Labute approximate surface area is 230 Å². The quantitative estimate of drug-likeness (QED) is 0.404. The third-order valence-corrected chi connectivity index (χ3v) is 9.58. The summed E-state index contributed by atoms with van der Waals surface area (Å²) in [4.78, 5) is 27.2. The molecule has 3 aliphatic rings. The first-order valence-corrected chi connectivity index (χ1v) is 14.0. The van der Waals surface area contributed by atoms with Crippen LogP contribution in [0.3, 0.4) is 0 Å². The largest absolute Gasteiger partial charge is 0.481 e. The average molecular weight is 564 g/mol. The first-order chi connectivity index (χ1) is 18.8. The normalized spacial score (nSPS) is 28.2. The van der Waals surface area contributed by atoms with Gasteiger partial charge in [0.1, 0.15) is 5.82 Å². The first kappa shape index (κ1) is 28.6. The van der Waals surface area contributed by atoms with Crippen LogP contribution in [0.2, 0.25) is 0 Å².